The molecule has 1 N–H and O–H groups in total. The number of halogens is 1. The Hall–Kier alpha value is -2.02. The molecule has 0 bridgehead atoms. The van der Waals surface area contributed by atoms with Gasteiger partial charge in [-0.15, -0.1) is 12.4 Å². The van der Waals surface area contributed by atoms with Gasteiger partial charge in [0.2, 0.25) is 5.88 Å². The number of nitrogens with one attached hydrogen (secondary N) is 1. The second-order valence-electron chi connectivity index (χ2n) is 3.53. The number of esters is 1. The average molecular weight is 288 g/mol. The van der Waals surface area contributed by atoms with Crippen molar-refractivity contribution in [2.24, 2.45) is 0 Å². The van der Waals surface area contributed by atoms with Crippen LogP contribution in [0.3, 0.4) is 0 Å². The predicted molar refractivity (Wildman–Crippen MR) is 67.4 cm³/mol. The van der Waals surface area contributed by atoms with Crippen LogP contribution in [0.1, 0.15) is 28.6 Å². The highest BCUT2D eigenvalue weighted by Crippen LogP contribution is 2.17. The number of carbonyl (C=O) groups excluding carboxylic acids is 1. The molecule has 2 aromatic rings. The summed E-state index contributed by atoms with van der Waals surface area (Å²) in [5, 5.41) is 10.00. The lowest BCUT2D eigenvalue weighted by molar-refractivity contribution is 0.0521. The molecule has 19 heavy (non-hydrogen) atoms. The molecule has 0 fully saturated rings. The molecule has 0 radical (unpaired) electrons. The average Bonchev–Trinajstić information content (AvgIpc) is 2.95. The first-order valence-corrected chi connectivity index (χ1v) is 5.45. The molecule has 7 nitrogen and oxygen atoms in total. The highest BCUT2D eigenvalue weighted by molar-refractivity contribution is 5.91. The zero-order valence-electron chi connectivity index (χ0n) is 10.5. The van der Waals surface area contributed by atoms with Crippen LogP contribution in [0.25, 0.3) is 0 Å². The van der Waals surface area contributed by atoms with Crippen LogP contribution in [-0.4, -0.2) is 27.9 Å². The van der Waals surface area contributed by atoms with Crippen LogP contribution in [0.2, 0.25) is 0 Å². The zero-order chi connectivity index (χ0) is 13.0. The molecule has 2 aromatic heterocycles. The van der Waals surface area contributed by atoms with Gasteiger partial charge in [0.15, 0.2) is 0 Å². The molecule has 0 atom stereocenters. The van der Waals surface area contributed by atoms with Gasteiger partial charge in [-0.1, -0.05) is 5.16 Å². The third-order valence-corrected chi connectivity index (χ3v) is 2.32. The first-order valence-electron chi connectivity index (χ1n) is 5.45. The minimum absolute atomic E-state index is 0. The monoisotopic (exact) mass is 287 g/mol. The number of ether oxygens (including phenoxy) is 2. The topological polar surface area (TPSA) is 90.2 Å². The van der Waals surface area contributed by atoms with E-state index in [0.717, 1.165) is 5.56 Å². The maximum Gasteiger partial charge on any atom is 0.345 e. The summed E-state index contributed by atoms with van der Waals surface area (Å²) in [5.41, 5.74) is 1.07. The van der Waals surface area contributed by atoms with E-state index in [4.69, 9.17) is 14.0 Å². The lowest BCUT2D eigenvalue weighted by Gasteiger charge is -2.04. The Morgan fingerprint density at radius 2 is 2.26 bits per heavy atom. The number of H-pyrrole nitrogens is 1. The van der Waals surface area contributed by atoms with Crippen LogP contribution < -0.4 is 4.74 Å². The molecule has 8 heteroatoms. The lowest BCUT2D eigenvalue weighted by atomic mass is 10.3. The summed E-state index contributed by atoms with van der Waals surface area (Å²) in [5.74, 6) is 0.476. The predicted octanol–water partition coefficient (Wildman–Crippen LogP) is 1.88. The number of aryl methyl sites for hydroxylation is 1. The number of aromatic nitrogens is 3. The second-order valence-corrected chi connectivity index (χ2v) is 3.53. The van der Waals surface area contributed by atoms with Gasteiger partial charge in [0.05, 0.1) is 24.6 Å². The highest BCUT2D eigenvalue weighted by Gasteiger charge is 2.16. The fraction of sp³-hybridized carbons (Fsp3) is 0.364. The van der Waals surface area contributed by atoms with E-state index in [2.05, 4.69) is 15.4 Å². The number of hydrogen-bond donors (Lipinski definition) is 1. The van der Waals surface area contributed by atoms with Crippen molar-refractivity contribution in [2.45, 2.75) is 20.5 Å². The van der Waals surface area contributed by atoms with Crippen molar-refractivity contribution in [3.8, 4) is 5.88 Å². The number of nitrogens with zero attached hydrogens (tertiary/aromatic N) is 2. The Balaban J connectivity index is 0.00000180. The van der Waals surface area contributed by atoms with Crippen LogP contribution in [0.15, 0.2) is 16.9 Å². The summed E-state index contributed by atoms with van der Waals surface area (Å²) in [4.78, 5) is 11.6. The smallest absolute Gasteiger partial charge is 0.345 e. The minimum Gasteiger partial charge on any atom is -0.472 e. The number of carbonyl (C=O) groups is 1. The SMILES string of the molecule is CCOC(=O)c1cn[nH]c1OCc1cnoc1C.Cl. The maximum atomic E-state index is 11.6. The Morgan fingerprint density at radius 3 is 2.89 bits per heavy atom. The van der Waals surface area contributed by atoms with Crippen molar-refractivity contribution in [1.29, 1.82) is 0 Å². The fourth-order valence-electron chi connectivity index (χ4n) is 1.35. The van der Waals surface area contributed by atoms with E-state index in [0.29, 0.717) is 12.4 Å². The molecule has 104 valence electrons. The number of aromatic amines is 1. The lowest BCUT2D eigenvalue weighted by Crippen LogP contribution is -2.06. The number of rotatable bonds is 5. The third kappa shape index (κ3) is 3.47. The molecule has 0 saturated carbocycles. The van der Waals surface area contributed by atoms with Gasteiger partial charge in [-0.25, -0.2) is 9.89 Å². The van der Waals surface area contributed by atoms with Gasteiger partial charge in [-0.2, -0.15) is 5.10 Å². The van der Waals surface area contributed by atoms with Crippen molar-refractivity contribution < 1.29 is 18.8 Å². The summed E-state index contributed by atoms with van der Waals surface area (Å²) in [6.07, 6.45) is 2.93. The second kappa shape index (κ2) is 6.79. The van der Waals surface area contributed by atoms with Crippen molar-refractivity contribution in [3.63, 3.8) is 0 Å². The summed E-state index contributed by atoms with van der Waals surface area (Å²) in [6.45, 7) is 4.06. The summed E-state index contributed by atoms with van der Waals surface area (Å²) >= 11 is 0. The normalized spacial score (nSPS) is 9.79. The van der Waals surface area contributed by atoms with Gasteiger partial charge < -0.3 is 14.0 Å². The van der Waals surface area contributed by atoms with Gasteiger partial charge in [0.1, 0.15) is 17.9 Å². The molecule has 2 heterocycles. The molecule has 0 amide bonds. The molecule has 0 unspecified atom stereocenters. The maximum absolute atomic E-state index is 11.6. The van der Waals surface area contributed by atoms with Crippen molar-refractivity contribution in [3.05, 3.63) is 29.3 Å². The summed E-state index contributed by atoms with van der Waals surface area (Å²) < 4.78 is 15.2. The van der Waals surface area contributed by atoms with E-state index in [-0.39, 0.29) is 30.5 Å². The Bertz CT molecular complexity index is 538. The van der Waals surface area contributed by atoms with Gasteiger partial charge >= 0.3 is 5.97 Å². The largest absolute Gasteiger partial charge is 0.472 e. The van der Waals surface area contributed by atoms with E-state index in [1.165, 1.54) is 6.20 Å². The zero-order valence-corrected chi connectivity index (χ0v) is 11.3. The van der Waals surface area contributed by atoms with Crippen molar-refractivity contribution in [1.82, 2.24) is 15.4 Å². The van der Waals surface area contributed by atoms with E-state index in [1.807, 2.05) is 0 Å². The van der Waals surface area contributed by atoms with Gasteiger partial charge in [-0.3, -0.25) is 0 Å². The minimum atomic E-state index is -0.469. The van der Waals surface area contributed by atoms with Gasteiger partial charge in [0.25, 0.3) is 0 Å². The van der Waals surface area contributed by atoms with Gasteiger partial charge in [-0.05, 0) is 13.8 Å². The Morgan fingerprint density at radius 1 is 1.47 bits per heavy atom. The molecule has 2 rings (SSSR count). The van der Waals surface area contributed by atoms with E-state index >= 15 is 0 Å². The number of hydrogen-bond acceptors (Lipinski definition) is 6. The summed E-state index contributed by atoms with van der Waals surface area (Å²) in [7, 11) is 0. The molecule has 0 saturated heterocycles. The van der Waals surface area contributed by atoms with Crippen molar-refractivity contribution >= 4 is 18.4 Å². The molecule has 0 aliphatic carbocycles. The molecule has 0 aliphatic heterocycles. The third-order valence-electron chi connectivity index (χ3n) is 2.32. The standard InChI is InChI=1S/C11H13N3O4.ClH/c1-3-16-11(15)9-5-12-14-10(9)17-6-8-4-13-18-7(8)2;/h4-5H,3,6H2,1-2H3,(H,12,14);1H. The van der Waals surface area contributed by atoms with Gasteiger partial charge in [0, 0.05) is 0 Å². The Labute approximate surface area is 115 Å². The van der Waals surface area contributed by atoms with E-state index in [1.54, 1.807) is 20.0 Å². The van der Waals surface area contributed by atoms with Crippen LogP contribution in [0.5, 0.6) is 5.88 Å². The quantitative estimate of drug-likeness (QED) is 0.845. The summed E-state index contributed by atoms with van der Waals surface area (Å²) in [6, 6.07) is 0. The highest BCUT2D eigenvalue weighted by atomic mass is 35.5. The first kappa shape index (κ1) is 15.0. The van der Waals surface area contributed by atoms with Crippen LogP contribution >= 0.6 is 12.4 Å². The molecular formula is C11H14ClN3O4. The molecular weight excluding hydrogens is 274 g/mol. The molecule has 0 spiro atoms. The molecule has 0 aliphatic rings. The van der Waals surface area contributed by atoms with Crippen LogP contribution in [0, 0.1) is 6.92 Å². The van der Waals surface area contributed by atoms with Crippen molar-refractivity contribution in [2.75, 3.05) is 6.61 Å². The molecule has 0 aromatic carbocycles. The fourth-order valence-corrected chi connectivity index (χ4v) is 1.35. The van der Waals surface area contributed by atoms with Crippen LogP contribution in [0.4, 0.5) is 0 Å². The first-order chi connectivity index (χ1) is 8.72. The van der Waals surface area contributed by atoms with E-state index in [9.17, 15) is 4.79 Å². The van der Waals surface area contributed by atoms with Crippen LogP contribution in [-0.2, 0) is 11.3 Å². The van der Waals surface area contributed by atoms with E-state index < -0.39 is 5.97 Å². The Kier molecular flexibility index (Phi) is 5.37.